The fraction of sp³-hybridized carbons (Fsp3) is 0.200. The van der Waals surface area contributed by atoms with E-state index in [0.717, 1.165) is 33.6 Å². The molecule has 2 aromatic heterocycles. The number of hydrogen-bond acceptors (Lipinski definition) is 4. The second kappa shape index (κ2) is 9.70. The molecule has 4 rings (SSSR count). The topological polar surface area (TPSA) is 72.4 Å². The number of methoxy groups -OCH3 is 1. The SMILES string of the molecule is COC(=O)[C@H](C)NC(=O)NCc1c(-c2cccs2)n(Cc2ccccc2)c2ccccc12. The third kappa shape index (κ3) is 4.53. The summed E-state index contributed by atoms with van der Waals surface area (Å²) in [6, 6.07) is 21.6. The van der Waals surface area contributed by atoms with Crippen molar-refractivity contribution < 1.29 is 14.3 Å². The molecule has 0 aliphatic carbocycles. The molecule has 32 heavy (non-hydrogen) atoms. The van der Waals surface area contributed by atoms with E-state index >= 15 is 0 Å². The van der Waals surface area contributed by atoms with E-state index in [1.165, 1.54) is 12.7 Å². The largest absolute Gasteiger partial charge is 0.467 e. The third-order valence-electron chi connectivity index (χ3n) is 5.34. The molecular weight excluding hydrogens is 422 g/mol. The smallest absolute Gasteiger partial charge is 0.328 e. The lowest BCUT2D eigenvalue weighted by Crippen LogP contribution is -2.44. The van der Waals surface area contributed by atoms with Gasteiger partial charge in [0.25, 0.3) is 0 Å². The molecule has 0 saturated heterocycles. The summed E-state index contributed by atoms with van der Waals surface area (Å²) in [6.07, 6.45) is 0. The van der Waals surface area contributed by atoms with Crippen LogP contribution in [0.2, 0.25) is 0 Å². The number of thiophene rings is 1. The first-order valence-electron chi connectivity index (χ1n) is 10.4. The number of nitrogens with one attached hydrogen (secondary N) is 2. The van der Waals surface area contributed by atoms with Crippen LogP contribution in [0.5, 0.6) is 0 Å². The Hall–Kier alpha value is -3.58. The molecule has 7 heteroatoms. The van der Waals surface area contributed by atoms with E-state index in [4.69, 9.17) is 0 Å². The lowest BCUT2D eigenvalue weighted by Gasteiger charge is -2.14. The normalized spacial score (nSPS) is 11.8. The summed E-state index contributed by atoms with van der Waals surface area (Å²) in [5.74, 6) is -0.487. The molecule has 1 atom stereocenters. The number of amides is 2. The summed E-state index contributed by atoms with van der Waals surface area (Å²) >= 11 is 1.67. The zero-order valence-corrected chi connectivity index (χ0v) is 18.8. The molecule has 0 bridgehead atoms. The average Bonchev–Trinajstić information content (AvgIpc) is 3.44. The minimum atomic E-state index is -0.726. The molecular formula is C25H25N3O3S. The van der Waals surface area contributed by atoms with Crippen LogP contribution in [-0.4, -0.2) is 29.7 Å². The van der Waals surface area contributed by atoms with Crippen molar-refractivity contribution in [1.29, 1.82) is 0 Å². The molecule has 0 fully saturated rings. The molecule has 6 nitrogen and oxygen atoms in total. The van der Waals surface area contributed by atoms with Crippen molar-refractivity contribution in [2.75, 3.05) is 7.11 Å². The first-order chi connectivity index (χ1) is 15.6. The van der Waals surface area contributed by atoms with Crippen LogP contribution < -0.4 is 10.6 Å². The Labute approximate surface area is 190 Å². The fourth-order valence-corrected chi connectivity index (χ4v) is 4.64. The number of nitrogens with zero attached hydrogens (tertiary/aromatic N) is 1. The predicted octanol–water partition coefficient (Wildman–Crippen LogP) is 4.78. The van der Waals surface area contributed by atoms with E-state index in [9.17, 15) is 9.59 Å². The van der Waals surface area contributed by atoms with Crippen molar-refractivity contribution in [2.45, 2.75) is 26.1 Å². The second-order valence-corrected chi connectivity index (χ2v) is 8.41. The lowest BCUT2D eigenvalue weighted by molar-refractivity contribution is -0.142. The van der Waals surface area contributed by atoms with Crippen molar-refractivity contribution in [3.63, 3.8) is 0 Å². The number of fused-ring (bicyclic) bond motifs is 1. The number of benzene rings is 2. The summed E-state index contributed by atoms with van der Waals surface area (Å²) in [5.41, 5.74) is 4.45. The number of carbonyl (C=O) groups is 2. The molecule has 164 valence electrons. The summed E-state index contributed by atoms with van der Waals surface area (Å²) in [5, 5.41) is 8.68. The van der Waals surface area contributed by atoms with Crippen molar-refractivity contribution in [1.82, 2.24) is 15.2 Å². The van der Waals surface area contributed by atoms with Gasteiger partial charge in [0.05, 0.1) is 17.7 Å². The molecule has 4 aromatic rings. The van der Waals surface area contributed by atoms with Gasteiger partial charge in [-0.15, -0.1) is 11.3 Å². The highest BCUT2D eigenvalue weighted by molar-refractivity contribution is 7.13. The number of urea groups is 1. The molecule has 2 heterocycles. The highest BCUT2D eigenvalue weighted by Gasteiger charge is 2.21. The Bertz CT molecular complexity index is 1220. The van der Waals surface area contributed by atoms with Gasteiger partial charge in [0.2, 0.25) is 0 Å². The Morgan fingerprint density at radius 3 is 2.50 bits per heavy atom. The molecule has 0 unspecified atom stereocenters. The van der Waals surface area contributed by atoms with Crippen LogP contribution >= 0.6 is 11.3 Å². The Morgan fingerprint density at radius 2 is 1.78 bits per heavy atom. The summed E-state index contributed by atoms with van der Waals surface area (Å²) in [7, 11) is 1.30. The van der Waals surface area contributed by atoms with Crippen LogP contribution in [0.25, 0.3) is 21.5 Å². The van der Waals surface area contributed by atoms with Crippen LogP contribution in [0.1, 0.15) is 18.1 Å². The number of esters is 1. The molecule has 0 aliphatic rings. The van der Waals surface area contributed by atoms with Gasteiger partial charge in [-0.25, -0.2) is 9.59 Å². The first-order valence-corrected chi connectivity index (χ1v) is 11.3. The monoisotopic (exact) mass is 447 g/mol. The average molecular weight is 448 g/mol. The van der Waals surface area contributed by atoms with E-state index in [1.54, 1.807) is 18.3 Å². The number of hydrogen-bond donors (Lipinski definition) is 2. The molecule has 0 saturated carbocycles. The van der Waals surface area contributed by atoms with Crippen LogP contribution in [0.4, 0.5) is 4.79 Å². The highest BCUT2D eigenvalue weighted by atomic mass is 32.1. The predicted molar refractivity (Wildman–Crippen MR) is 128 cm³/mol. The van der Waals surface area contributed by atoms with Gasteiger partial charge in [0.15, 0.2) is 0 Å². The number of ether oxygens (including phenoxy) is 1. The van der Waals surface area contributed by atoms with Crippen molar-refractivity contribution in [3.8, 4) is 10.6 Å². The zero-order valence-electron chi connectivity index (χ0n) is 18.0. The quantitative estimate of drug-likeness (QED) is 0.401. The number of rotatable bonds is 7. The van der Waals surface area contributed by atoms with Crippen molar-refractivity contribution in [2.24, 2.45) is 0 Å². The van der Waals surface area contributed by atoms with Gasteiger partial charge in [-0.3, -0.25) is 0 Å². The van der Waals surface area contributed by atoms with Crippen molar-refractivity contribution >= 4 is 34.2 Å². The summed E-state index contributed by atoms with van der Waals surface area (Å²) in [6.45, 7) is 2.64. The van der Waals surface area contributed by atoms with E-state index in [-0.39, 0.29) is 0 Å². The Morgan fingerprint density at radius 1 is 1.03 bits per heavy atom. The Kier molecular flexibility index (Phi) is 6.56. The zero-order chi connectivity index (χ0) is 22.5. The van der Waals surface area contributed by atoms with Crippen LogP contribution in [0.15, 0.2) is 72.1 Å². The van der Waals surface area contributed by atoms with Gasteiger partial charge in [-0.2, -0.15) is 0 Å². The van der Waals surface area contributed by atoms with E-state index < -0.39 is 18.0 Å². The van der Waals surface area contributed by atoms with Crippen LogP contribution in [-0.2, 0) is 22.6 Å². The molecule has 2 amide bonds. The van der Waals surface area contributed by atoms with Gasteiger partial charge in [0, 0.05) is 29.6 Å². The van der Waals surface area contributed by atoms with Gasteiger partial charge in [0.1, 0.15) is 6.04 Å². The van der Waals surface area contributed by atoms with Gasteiger partial charge >= 0.3 is 12.0 Å². The molecule has 2 aromatic carbocycles. The van der Waals surface area contributed by atoms with E-state index in [2.05, 4.69) is 55.6 Å². The third-order valence-corrected chi connectivity index (χ3v) is 6.22. The summed E-state index contributed by atoms with van der Waals surface area (Å²) < 4.78 is 6.99. The molecule has 0 radical (unpaired) electrons. The van der Waals surface area contributed by atoms with Crippen LogP contribution in [0, 0.1) is 0 Å². The van der Waals surface area contributed by atoms with Gasteiger partial charge < -0.3 is 19.9 Å². The maximum Gasteiger partial charge on any atom is 0.328 e. The number of carbonyl (C=O) groups excluding carboxylic acids is 2. The number of para-hydroxylation sites is 1. The van der Waals surface area contributed by atoms with Crippen LogP contribution in [0.3, 0.4) is 0 Å². The van der Waals surface area contributed by atoms with Gasteiger partial charge in [-0.1, -0.05) is 54.6 Å². The number of aromatic nitrogens is 1. The fourth-order valence-electron chi connectivity index (χ4n) is 3.83. The second-order valence-electron chi connectivity index (χ2n) is 7.47. The molecule has 2 N–H and O–H groups in total. The standard InChI is InChI=1S/C25H25N3O3S/c1-17(24(29)31-2)27-25(30)26-15-20-19-11-6-7-12-21(19)28(16-18-9-4-3-5-10-18)23(20)22-13-8-14-32-22/h3-14,17H,15-16H2,1-2H3,(H2,26,27,30)/t17-/m0/s1. The van der Waals surface area contributed by atoms with Gasteiger partial charge in [-0.05, 0) is 30.0 Å². The lowest BCUT2D eigenvalue weighted by atomic mass is 10.1. The maximum atomic E-state index is 12.4. The minimum Gasteiger partial charge on any atom is -0.467 e. The molecule has 0 aliphatic heterocycles. The maximum absolute atomic E-state index is 12.4. The van der Waals surface area contributed by atoms with Crippen molar-refractivity contribution in [3.05, 3.63) is 83.2 Å². The van der Waals surface area contributed by atoms with E-state index in [0.29, 0.717) is 6.54 Å². The Balaban J connectivity index is 1.71. The first kappa shape index (κ1) is 21.6. The minimum absolute atomic E-state index is 0.329. The van der Waals surface area contributed by atoms with E-state index in [1.807, 2.05) is 36.4 Å². The highest BCUT2D eigenvalue weighted by Crippen LogP contribution is 2.36. The molecule has 0 spiro atoms. The summed E-state index contributed by atoms with van der Waals surface area (Å²) in [4.78, 5) is 25.2.